The van der Waals surface area contributed by atoms with Gasteiger partial charge in [-0.25, -0.2) is 4.39 Å². The molecule has 1 aromatic rings. The largest absolute Gasteiger partial charge is 0.355 e. The van der Waals surface area contributed by atoms with Crippen molar-refractivity contribution in [3.05, 3.63) is 35.6 Å². The van der Waals surface area contributed by atoms with E-state index in [0.29, 0.717) is 43.7 Å². The molecule has 1 N–H and O–H groups in total. The third-order valence-electron chi connectivity index (χ3n) is 8.06. The Balaban J connectivity index is 1.28. The Labute approximate surface area is 203 Å². The first kappa shape index (κ1) is 25.1. The van der Waals surface area contributed by atoms with Crippen molar-refractivity contribution in [1.29, 1.82) is 0 Å². The number of piperidine rings is 1. The molecule has 3 aliphatic rings. The van der Waals surface area contributed by atoms with Crippen LogP contribution in [0.1, 0.15) is 68.6 Å². The van der Waals surface area contributed by atoms with Crippen LogP contribution < -0.4 is 5.32 Å². The minimum Gasteiger partial charge on any atom is -0.355 e. The lowest BCUT2D eigenvalue weighted by Crippen LogP contribution is -2.58. The summed E-state index contributed by atoms with van der Waals surface area (Å²) in [5, 5.41) is 3.25. The fraction of sp³-hybridized carbons (Fsp3) is 0.704. The minimum absolute atomic E-state index is 0.0616. The molecule has 7 heteroatoms. The molecule has 0 aromatic heterocycles. The van der Waals surface area contributed by atoms with Crippen LogP contribution in [0.25, 0.3) is 0 Å². The van der Waals surface area contributed by atoms with E-state index in [-0.39, 0.29) is 23.7 Å². The van der Waals surface area contributed by atoms with Gasteiger partial charge in [0, 0.05) is 50.9 Å². The van der Waals surface area contributed by atoms with Gasteiger partial charge >= 0.3 is 0 Å². The number of nitrogens with one attached hydrogen (secondary N) is 1. The van der Waals surface area contributed by atoms with Crippen molar-refractivity contribution in [3.63, 3.8) is 0 Å². The van der Waals surface area contributed by atoms with Crippen LogP contribution in [0.2, 0.25) is 0 Å². The average Bonchev–Trinajstić information content (AvgIpc) is 3.38. The minimum atomic E-state index is -0.336. The molecule has 1 saturated carbocycles. The van der Waals surface area contributed by atoms with Crippen molar-refractivity contribution < 1.29 is 14.0 Å². The molecule has 0 radical (unpaired) electrons. The molecule has 34 heavy (non-hydrogen) atoms. The molecule has 2 amide bonds. The van der Waals surface area contributed by atoms with Crippen molar-refractivity contribution >= 4 is 11.8 Å². The first-order valence-electron chi connectivity index (χ1n) is 13.3. The molecule has 0 spiro atoms. The lowest BCUT2D eigenvalue weighted by molar-refractivity contribution is -0.129. The first-order chi connectivity index (χ1) is 16.5. The van der Waals surface area contributed by atoms with Crippen molar-refractivity contribution in [2.75, 3.05) is 45.8 Å². The van der Waals surface area contributed by atoms with E-state index in [4.69, 9.17) is 0 Å². The number of rotatable bonds is 8. The van der Waals surface area contributed by atoms with E-state index in [9.17, 15) is 14.0 Å². The van der Waals surface area contributed by atoms with E-state index in [1.807, 2.05) is 4.90 Å². The van der Waals surface area contributed by atoms with Gasteiger partial charge in [0.2, 0.25) is 5.91 Å². The number of hydrogen-bond acceptors (Lipinski definition) is 4. The molecule has 2 atom stereocenters. The number of benzene rings is 1. The highest BCUT2D eigenvalue weighted by Crippen LogP contribution is 2.31. The number of piperazine rings is 1. The number of nitrogens with zero attached hydrogens (tertiary/aromatic N) is 3. The van der Waals surface area contributed by atoms with Gasteiger partial charge in [-0.15, -0.1) is 0 Å². The van der Waals surface area contributed by atoms with Crippen LogP contribution in [0.3, 0.4) is 0 Å². The number of halogens is 1. The fourth-order valence-electron chi connectivity index (χ4n) is 6.02. The third-order valence-corrected chi connectivity index (χ3v) is 8.06. The Bertz CT molecular complexity index is 803. The van der Waals surface area contributed by atoms with Crippen LogP contribution in [0.4, 0.5) is 4.39 Å². The Morgan fingerprint density at radius 3 is 2.32 bits per heavy atom. The van der Waals surface area contributed by atoms with Gasteiger partial charge in [-0.3, -0.25) is 14.5 Å². The summed E-state index contributed by atoms with van der Waals surface area (Å²) in [5.74, 6) is 0.170. The topological polar surface area (TPSA) is 55.9 Å². The molecule has 188 valence electrons. The van der Waals surface area contributed by atoms with Gasteiger partial charge in [-0.05, 0) is 75.8 Å². The Morgan fingerprint density at radius 1 is 0.971 bits per heavy atom. The summed E-state index contributed by atoms with van der Waals surface area (Å²) < 4.78 is 13.2. The lowest BCUT2D eigenvalue weighted by atomic mass is 9.95. The summed E-state index contributed by atoms with van der Waals surface area (Å²) in [7, 11) is 0. The van der Waals surface area contributed by atoms with Crippen LogP contribution in [-0.2, 0) is 4.79 Å². The van der Waals surface area contributed by atoms with Crippen molar-refractivity contribution in [3.8, 4) is 0 Å². The summed E-state index contributed by atoms with van der Waals surface area (Å²) in [4.78, 5) is 32.8. The number of carbonyl (C=O) groups excluding carboxylic acids is 2. The summed E-state index contributed by atoms with van der Waals surface area (Å²) in [5.41, 5.74) is 0.517. The molecule has 0 bridgehead atoms. The smallest absolute Gasteiger partial charge is 0.253 e. The van der Waals surface area contributed by atoms with E-state index in [1.165, 1.54) is 50.8 Å². The summed E-state index contributed by atoms with van der Waals surface area (Å²) in [6.45, 7) is 7.88. The van der Waals surface area contributed by atoms with Gasteiger partial charge in [0.1, 0.15) is 5.82 Å². The zero-order valence-corrected chi connectivity index (χ0v) is 20.7. The van der Waals surface area contributed by atoms with Crippen LogP contribution in [-0.4, -0.2) is 84.4 Å². The molecule has 2 aliphatic heterocycles. The predicted octanol–water partition coefficient (Wildman–Crippen LogP) is 3.52. The maximum atomic E-state index is 13.3. The van der Waals surface area contributed by atoms with Crippen LogP contribution >= 0.6 is 0 Å². The quantitative estimate of drug-likeness (QED) is 0.588. The van der Waals surface area contributed by atoms with Gasteiger partial charge in [0.15, 0.2) is 0 Å². The second-order valence-corrected chi connectivity index (χ2v) is 10.3. The highest BCUT2D eigenvalue weighted by Gasteiger charge is 2.37. The van der Waals surface area contributed by atoms with Crippen molar-refractivity contribution in [2.45, 2.75) is 70.4 Å². The lowest BCUT2D eigenvalue weighted by Gasteiger charge is -2.41. The molecule has 0 unspecified atom stereocenters. The average molecular weight is 473 g/mol. The first-order valence-corrected chi connectivity index (χ1v) is 13.3. The number of hydrogen-bond donors (Lipinski definition) is 1. The van der Waals surface area contributed by atoms with Crippen molar-refractivity contribution in [2.24, 2.45) is 5.92 Å². The van der Waals surface area contributed by atoms with Crippen LogP contribution in [0.15, 0.2) is 24.3 Å². The van der Waals surface area contributed by atoms with E-state index < -0.39 is 0 Å². The molecular weight excluding hydrogens is 431 g/mol. The van der Waals surface area contributed by atoms with E-state index in [2.05, 4.69) is 22.0 Å². The van der Waals surface area contributed by atoms with E-state index >= 15 is 0 Å². The van der Waals surface area contributed by atoms with Crippen molar-refractivity contribution in [1.82, 2.24) is 20.0 Å². The molecule has 2 heterocycles. The third kappa shape index (κ3) is 6.36. The summed E-state index contributed by atoms with van der Waals surface area (Å²) in [6, 6.07) is 6.31. The number of likely N-dealkylation sites (tertiary alicyclic amines) is 1. The zero-order chi connectivity index (χ0) is 23.9. The maximum absolute atomic E-state index is 13.3. The zero-order valence-electron chi connectivity index (χ0n) is 20.7. The Morgan fingerprint density at radius 2 is 1.65 bits per heavy atom. The predicted molar refractivity (Wildman–Crippen MR) is 132 cm³/mol. The normalized spacial score (nSPS) is 23.7. The highest BCUT2D eigenvalue weighted by molar-refractivity contribution is 5.94. The van der Waals surface area contributed by atoms with Gasteiger partial charge in [-0.1, -0.05) is 19.3 Å². The number of amides is 2. The molecule has 1 aromatic carbocycles. The molecule has 2 saturated heterocycles. The van der Waals surface area contributed by atoms with Gasteiger partial charge in [-0.2, -0.15) is 0 Å². The molecule has 1 aliphatic carbocycles. The highest BCUT2D eigenvalue weighted by atomic mass is 19.1. The maximum Gasteiger partial charge on any atom is 0.253 e. The van der Waals surface area contributed by atoms with Crippen LogP contribution in [0, 0.1) is 11.7 Å². The molecule has 3 fully saturated rings. The molecular formula is C27H41FN4O2. The van der Waals surface area contributed by atoms with Gasteiger partial charge in [0.25, 0.3) is 5.91 Å². The van der Waals surface area contributed by atoms with Crippen LogP contribution in [0.5, 0.6) is 0 Å². The van der Waals surface area contributed by atoms with Gasteiger partial charge < -0.3 is 15.1 Å². The number of carbonyl (C=O) groups is 2. The van der Waals surface area contributed by atoms with E-state index in [1.54, 1.807) is 12.1 Å². The summed E-state index contributed by atoms with van der Waals surface area (Å²) >= 11 is 0. The second kappa shape index (κ2) is 12.1. The SMILES string of the molecule is C[C@@H]1CCCCN1CCCNC(=O)[C@@H](C1CCCC1)N1CCN(C(=O)c2ccc(F)cc2)CC1. The Hall–Kier alpha value is -1.99. The van der Waals surface area contributed by atoms with Gasteiger partial charge in [0.05, 0.1) is 6.04 Å². The molecule has 4 rings (SSSR count). The summed E-state index contributed by atoms with van der Waals surface area (Å²) in [6.07, 6.45) is 9.51. The fourth-order valence-corrected chi connectivity index (χ4v) is 6.02. The second-order valence-electron chi connectivity index (χ2n) is 10.3. The monoisotopic (exact) mass is 472 g/mol. The Kier molecular flexibility index (Phi) is 8.95. The standard InChI is InChI=1S/C27H41FN4O2/c1-21-7-4-5-15-30(21)16-6-14-29-26(33)25(22-8-2-3-9-22)31-17-19-32(20-18-31)27(34)23-10-12-24(28)13-11-23/h10-13,21-22,25H,2-9,14-20H2,1H3,(H,29,33)/t21-,25-/m1/s1. The van der Waals surface area contributed by atoms with E-state index in [0.717, 1.165) is 32.4 Å². The molecule has 6 nitrogen and oxygen atoms in total.